The molecule has 1 aliphatic heterocycles. The summed E-state index contributed by atoms with van der Waals surface area (Å²) in [6, 6.07) is 11.7. The molecule has 1 fully saturated rings. The average Bonchev–Trinajstić information content (AvgIpc) is 3.45. The molecule has 7 heteroatoms. The van der Waals surface area contributed by atoms with E-state index in [2.05, 4.69) is 0 Å². The Hall–Kier alpha value is -3.32. The van der Waals surface area contributed by atoms with Gasteiger partial charge in [-0.1, -0.05) is 6.07 Å². The highest BCUT2D eigenvalue weighted by atomic mass is 32.1. The summed E-state index contributed by atoms with van der Waals surface area (Å²) in [5.74, 6) is 0.137. The lowest BCUT2D eigenvalue weighted by atomic mass is 9.97. The van der Waals surface area contributed by atoms with Crippen molar-refractivity contribution in [1.29, 1.82) is 0 Å². The van der Waals surface area contributed by atoms with E-state index in [1.165, 1.54) is 16.2 Å². The van der Waals surface area contributed by atoms with Crippen molar-refractivity contribution in [3.05, 3.63) is 80.9 Å². The molecule has 2 aromatic heterocycles. The minimum Gasteiger partial charge on any atom is -0.507 e. The third kappa shape index (κ3) is 3.41. The second-order valence-electron chi connectivity index (χ2n) is 7.14. The molecule has 0 spiro atoms. The average molecular weight is 423 g/mol. The number of ketones is 1. The summed E-state index contributed by atoms with van der Waals surface area (Å²) in [5.41, 5.74) is 1.23. The number of carbonyl (C=O) groups excluding carboxylic acids is 2. The van der Waals surface area contributed by atoms with Gasteiger partial charge in [-0.3, -0.25) is 9.59 Å². The molecule has 0 saturated carbocycles. The molecule has 1 aliphatic rings. The summed E-state index contributed by atoms with van der Waals surface area (Å²) in [6.07, 6.45) is 0. The van der Waals surface area contributed by atoms with Gasteiger partial charge in [0.15, 0.2) is 0 Å². The summed E-state index contributed by atoms with van der Waals surface area (Å²) in [5, 5.41) is 13.1. The van der Waals surface area contributed by atoms with Gasteiger partial charge in [0, 0.05) is 10.4 Å². The van der Waals surface area contributed by atoms with Crippen LogP contribution in [-0.4, -0.2) is 28.8 Å². The molecular formula is C23H21NO5S. The highest BCUT2D eigenvalue weighted by Crippen LogP contribution is 2.41. The van der Waals surface area contributed by atoms with Crippen LogP contribution in [0.2, 0.25) is 0 Å². The first-order chi connectivity index (χ1) is 14.4. The van der Waals surface area contributed by atoms with Gasteiger partial charge in [0.1, 0.15) is 29.1 Å². The van der Waals surface area contributed by atoms with Crippen LogP contribution < -0.4 is 4.74 Å². The number of aliphatic hydroxyl groups is 1. The summed E-state index contributed by atoms with van der Waals surface area (Å²) >= 11 is 1.50. The molecule has 0 aliphatic carbocycles. The summed E-state index contributed by atoms with van der Waals surface area (Å²) in [4.78, 5) is 28.3. The number of thiophene rings is 1. The molecule has 30 heavy (non-hydrogen) atoms. The van der Waals surface area contributed by atoms with Gasteiger partial charge in [-0.05, 0) is 61.2 Å². The van der Waals surface area contributed by atoms with Crippen LogP contribution in [0.4, 0.5) is 0 Å². The van der Waals surface area contributed by atoms with E-state index in [1.54, 1.807) is 44.4 Å². The Labute approximate surface area is 178 Å². The van der Waals surface area contributed by atoms with Crippen molar-refractivity contribution in [1.82, 2.24) is 4.90 Å². The SMILES string of the molecule is COc1ccc(/C(O)=C2/C(=O)C(=O)N(Cc3cccs3)C2c2ccc(C)o2)c(C)c1. The Morgan fingerprint density at radius 3 is 2.60 bits per heavy atom. The molecule has 1 atom stereocenters. The smallest absolute Gasteiger partial charge is 0.296 e. The number of benzene rings is 1. The summed E-state index contributed by atoms with van der Waals surface area (Å²) in [6.45, 7) is 3.86. The number of carbonyl (C=O) groups is 2. The first-order valence-electron chi connectivity index (χ1n) is 9.43. The van der Waals surface area contributed by atoms with Crippen molar-refractivity contribution >= 4 is 28.8 Å². The summed E-state index contributed by atoms with van der Waals surface area (Å²) < 4.78 is 11.0. The third-order valence-electron chi connectivity index (χ3n) is 5.17. The van der Waals surface area contributed by atoms with Gasteiger partial charge in [0.05, 0.1) is 19.2 Å². The number of furan rings is 1. The molecule has 0 bridgehead atoms. The molecule has 1 amide bonds. The van der Waals surface area contributed by atoms with E-state index in [4.69, 9.17) is 9.15 Å². The van der Waals surface area contributed by atoms with E-state index < -0.39 is 17.7 Å². The second kappa shape index (κ2) is 7.84. The van der Waals surface area contributed by atoms with Crippen molar-refractivity contribution in [2.24, 2.45) is 0 Å². The van der Waals surface area contributed by atoms with Crippen LogP contribution in [0, 0.1) is 13.8 Å². The maximum Gasteiger partial charge on any atom is 0.296 e. The lowest BCUT2D eigenvalue weighted by molar-refractivity contribution is -0.140. The lowest BCUT2D eigenvalue weighted by Crippen LogP contribution is -2.28. The van der Waals surface area contributed by atoms with Crippen molar-refractivity contribution in [3.63, 3.8) is 0 Å². The van der Waals surface area contributed by atoms with Crippen LogP contribution in [0.5, 0.6) is 5.75 Å². The zero-order chi connectivity index (χ0) is 21.4. The largest absolute Gasteiger partial charge is 0.507 e. The molecule has 6 nitrogen and oxygen atoms in total. The van der Waals surface area contributed by atoms with Crippen LogP contribution in [-0.2, 0) is 16.1 Å². The number of hydrogen-bond donors (Lipinski definition) is 1. The van der Waals surface area contributed by atoms with E-state index in [9.17, 15) is 14.7 Å². The monoisotopic (exact) mass is 423 g/mol. The fourth-order valence-corrected chi connectivity index (χ4v) is 4.39. The van der Waals surface area contributed by atoms with Gasteiger partial charge in [-0.15, -0.1) is 11.3 Å². The first kappa shape index (κ1) is 20.0. The van der Waals surface area contributed by atoms with Crippen molar-refractivity contribution in [2.75, 3.05) is 7.11 Å². The number of likely N-dealkylation sites (tertiary alicyclic amines) is 1. The Morgan fingerprint density at radius 2 is 2.00 bits per heavy atom. The van der Waals surface area contributed by atoms with Crippen LogP contribution >= 0.6 is 11.3 Å². The standard InChI is InChI=1S/C23H21NO5S/c1-13-11-15(28-3)7-8-17(13)21(25)19-20(18-9-6-14(2)29-18)24(23(27)22(19)26)12-16-5-4-10-30-16/h4-11,20,25H,12H2,1-3H3/b21-19-. The zero-order valence-electron chi connectivity index (χ0n) is 16.8. The molecular weight excluding hydrogens is 402 g/mol. The number of amides is 1. The van der Waals surface area contributed by atoms with Crippen LogP contribution in [0.3, 0.4) is 0 Å². The van der Waals surface area contributed by atoms with Gasteiger partial charge in [-0.25, -0.2) is 0 Å². The van der Waals surface area contributed by atoms with Crippen LogP contribution in [0.15, 0.2) is 57.8 Å². The molecule has 0 radical (unpaired) electrons. The van der Waals surface area contributed by atoms with Gasteiger partial charge >= 0.3 is 0 Å². The number of hydrogen-bond acceptors (Lipinski definition) is 6. The van der Waals surface area contributed by atoms with E-state index in [1.807, 2.05) is 24.4 Å². The van der Waals surface area contributed by atoms with Gasteiger partial charge in [0.25, 0.3) is 11.7 Å². The molecule has 1 aromatic carbocycles. The number of aliphatic hydroxyl groups excluding tert-OH is 1. The Bertz CT molecular complexity index is 1140. The Balaban J connectivity index is 1.86. The fourth-order valence-electron chi connectivity index (χ4n) is 3.68. The number of Topliss-reactive ketones (excluding diaryl/α,β-unsaturated/α-hetero) is 1. The van der Waals surface area contributed by atoms with Crippen LogP contribution in [0.25, 0.3) is 5.76 Å². The predicted molar refractivity (Wildman–Crippen MR) is 113 cm³/mol. The lowest BCUT2D eigenvalue weighted by Gasteiger charge is -2.23. The molecule has 1 N–H and O–H groups in total. The highest BCUT2D eigenvalue weighted by molar-refractivity contribution is 7.09. The Kier molecular flexibility index (Phi) is 5.22. The third-order valence-corrected chi connectivity index (χ3v) is 6.03. The van der Waals surface area contributed by atoms with Gasteiger partial charge < -0.3 is 19.2 Å². The number of aryl methyl sites for hydroxylation is 2. The number of ether oxygens (including phenoxy) is 1. The van der Waals surface area contributed by atoms with E-state index in [0.29, 0.717) is 22.8 Å². The maximum atomic E-state index is 13.0. The molecule has 4 rings (SSSR count). The van der Waals surface area contributed by atoms with Gasteiger partial charge in [0.2, 0.25) is 0 Å². The highest BCUT2D eigenvalue weighted by Gasteiger charge is 2.47. The quantitative estimate of drug-likeness (QED) is 0.369. The molecule has 1 unspecified atom stereocenters. The predicted octanol–water partition coefficient (Wildman–Crippen LogP) is 4.59. The topological polar surface area (TPSA) is 80.0 Å². The van der Waals surface area contributed by atoms with Crippen LogP contribution in [0.1, 0.15) is 33.6 Å². The van der Waals surface area contributed by atoms with Crippen molar-refractivity contribution in [2.45, 2.75) is 26.4 Å². The van der Waals surface area contributed by atoms with E-state index >= 15 is 0 Å². The fraction of sp³-hybridized carbons (Fsp3) is 0.217. The molecule has 154 valence electrons. The Morgan fingerprint density at radius 1 is 1.20 bits per heavy atom. The van der Waals surface area contributed by atoms with E-state index in [-0.39, 0.29) is 17.9 Å². The molecule has 1 saturated heterocycles. The van der Waals surface area contributed by atoms with E-state index in [0.717, 1.165) is 10.4 Å². The normalized spacial score (nSPS) is 18.2. The number of rotatable bonds is 5. The number of nitrogens with zero attached hydrogens (tertiary/aromatic N) is 1. The second-order valence-corrected chi connectivity index (χ2v) is 8.17. The van der Waals surface area contributed by atoms with Gasteiger partial charge in [-0.2, -0.15) is 0 Å². The molecule has 3 aromatic rings. The minimum atomic E-state index is -0.803. The number of methoxy groups -OCH3 is 1. The first-order valence-corrected chi connectivity index (χ1v) is 10.3. The summed E-state index contributed by atoms with van der Waals surface area (Å²) in [7, 11) is 1.56. The van der Waals surface area contributed by atoms with Crippen molar-refractivity contribution < 1.29 is 23.8 Å². The zero-order valence-corrected chi connectivity index (χ0v) is 17.7. The minimum absolute atomic E-state index is 0.0270. The van der Waals surface area contributed by atoms with Crippen molar-refractivity contribution in [3.8, 4) is 5.75 Å². The molecule has 3 heterocycles. The maximum absolute atomic E-state index is 13.0.